The summed E-state index contributed by atoms with van der Waals surface area (Å²) in [6.07, 6.45) is 0. The second-order valence-corrected chi connectivity index (χ2v) is 9.13. The van der Waals surface area contributed by atoms with Crippen LogP contribution in [-0.4, -0.2) is 30.0 Å². The van der Waals surface area contributed by atoms with E-state index < -0.39 is 16.6 Å². The van der Waals surface area contributed by atoms with Crippen LogP contribution in [0, 0.1) is 12.7 Å². The van der Waals surface area contributed by atoms with Crippen LogP contribution in [0.15, 0.2) is 72.8 Å². The molecule has 0 saturated carbocycles. The molecule has 6 nitrogen and oxygen atoms in total. The number of hydrogen-bond donors (Lipinski definition) is 1. The van der Waals surface area contributed by atoms with Gasteiger partial charge in [-0.25, -0.2) is 4.39 Å². The number of carbonyl (C=O) groups excluding carboxylic acids is 3. The van der Waals surface area contributed by atoms with Crippen molar-refractivity contribution in [2.45, 2.75) is 11.8 Å². The number of carbonyl (C=O) groups is 3. The molecule has 3 aromatic carbocycles. The fourth-order valence-corrected chi connectivity index (χ4v) is 5.67. The van der Waals surface area contributed by atoms with E-state index in [1.165, 1.54) is 39.8 Å². The molecule has 166 valence electrons. The summed E-state index contributed by atoms with van der Waals surface area (Å²) in [5.41, 5.74) is 3.17. The van der Waals surface area contributed by atoms with Crippen molar-refractivity contribution >= 4 is 46.5 Å². The Morgan fingerprint density at radius 1 is 1.06 bits per heavy atom. The molecule has 1 fully saturated rings. The largest absolute Gasteiger partial charge is 0.325 e. The fraction of sp³-hybridized carbons (Fsp3) is 0.160. The highest BCUT2D eigenvalue weighted by molar-refractivity contribution is 8.02. The van der Waals surface area contributed by atoms with Gasteiger partial charge in [0.05, 0.1) is 11.4 Å². The van der Waals surface area contributed by atoms with Crippen LogP contribution >= 0.6 is 11.8 Å². The van der Waals surface area contributed by atoms with E-state index in [4.69, 9.17) is 0 Å². The maximum absolute atomic E-state index is 14.0. The molecule has 3 amide bonds. The predicted molar refractivity (Wildman–Crippen MR) is 127 cm³/mol. The highest BCUT2D eigenvalue weighted by Gasteiger charge is 2.61. The van der Waals surface area contributed by atoms with Crippen molar-refractivity contribution in [3.05, 3.63) is 89.7 Å². The zero-order valence-electron chi connectivity index (χ0n) is 17.7. The second-order valence-electron chi connectivity index (χ2n) is 7.96. The zero-order chi connectivity index (χ0) is 23.2. The quantitative estimate of drug-likeness (QED) is 0.637. The molecular formula is C25H20FN3O3S. The Morgan fingerprint density at radius 3 is 2.58 bits per heavy atom. The minimum atomic E-state index is -1.38. The lowest BCUT2D eigenvalue weighted by atomic mass is 10.0. The van der Waals surface area contributed by atoms with Crippen LogP contribution in [0.3, 0.4) is 0 Å². The number of hydrogen-bond acceptors (Lipinski definition) is 4. The molecule has 1 saturated heterocycles. The number of halogens is 1. The van der Waals surface area contributed by atoms with E-state index in [0.717, 1.165) is 5.56 Å². The predicted octanol–water partition coefficient (Wildman–Crippen LogP) is 4.05. The molecule has 0 unspecified atom stereocenters. The number of para-hydroxylation sites is 1. The van der Waals surface area contributed by atoms with Gasteiger partial charge in [0.15, 0.2) is 0 Å². The van der Waals surface area contributed by atoms with Crippen molar-refractivity contribution in [3.63, 3.8) is 0 Å². The molecule has 0 aliphatic carbocycles. The third-order valence-corrected chi connectivity index (χ3v) is 7.15. The number of amides is 3. The third kappa shape index (κ3) is 3.47. The number of nitrogens with zero attached hydrogens (tertiary/aromatic N) is 2. The van der Waals surface area contributed by atoms with E-state index in [1.54, 1.807) is 42.5 Å². The molecule has 8 heteroatoms. The number of anilines is 3. The molecule has 1 spiro atoms. The maximum atomic E-state index is 14.0. The first-order valence-corrected chi connectivity index (χ1v) is 11.4. The van der Waals surface area contributed by atoms with Gasteiger partial charge in [-0.2, -0.15) is 0 Å². The summed E-state index contributed by atoms with van der Waals surface area (Å²) in [6, 6.07) is 20.1. The third-order valence-electron chi connectivity index (χ3n) is 5.77. The number of aryl methyl sites for hydroxylation is 1. The SMILES string of the molecule is Cc1ccc(NC(=O)CN2C(=O)[C@]3(SCC(=O)N3c3cccc(F)c3)c3ccccc32)cc1. The van der Waals surface area contributed by atoms with Crippen LogP contribution in [0.25, 0.3) is 0 Å². The highest BCUT2D eigenvalue weighted by atomic mass is 32.2. The van der Waals surface area contributed by atoms with E-state index in [0.29, 0.717) is 22.6 Å². The summed E-state index contributed by atoms with van der Waals surface area (Å²) >= 11 is 1.19. The van der Waals surface area contributed by atoms with Gasteiger partial charge in [0.25, 0.3) is 5.91 Å². The fourth-order valence-electron chi connectivity index (χ4n) is 4.31. The van der Waals surface area contributed by atoms with Gasteiger partial charge in [-0.3, -0.25) is 24.2 Å². The Hall–Kier alpha value is -3.65. The van der Waals surface area contributed by atoms with E-state index >= 15 is 0 Å². The molecule has 5 rings (SSSR count). The number of nitrogens with one attached hydrogen (secondary N) is 1. The van der Waals surface area contributed by atoms with Gasteiger partial charge in [-0.05, 0) is 43.3 Å². The molecule has 1 N–H and O–H groups in total. The van der Waals surface area contributed by atoms with Gasteiger partial charge >= 0.3 is 0 Å². The van der Waals surface area contributed by atoms with Crippen LogP contribution in [0.1, 0.15) is 11.1 Å². The number of fused-ring (bicyclic) bond motifs is 2. The van der Waals surface area contributed by atoms with Gasteiger partial charge in [0.1, 0.15) is 12.4 Å². The van der Waals surface area contributed by atoms with Crippen LogP contribution < -0.4 is 15.1 Å². The van der Waals surface area contributed by atoms with Crippen molar-refractivity contribution in [2.75, 3.05) is 27.4 Å². The highest BCUT2D eigenvalue weighted by Crippen LogP contribution is 2.55. The molecule has 0 radical (unpaired) electrons. The van der Waals surface area contributed by atoms with Gasteiger partial charge < -0.3 is 5.32 Å². The Morgan fingerprint density at radius 2 is 1.82 bits per heavy atom. The first-order valence-electron chi connectivity index (χ1n) is 10.4. The molecule has 1 atom stereocenters. The van der Waals surface area contributed by atoms with Crippen LogP contribution in [0.2, 0.25) is 0 Å². The van der Waals surface area contributed by atoms with E-state index in [-0.39, 0.29) is 24.1 Å². The van der Waals surface area contributed by atoms with Crippen molar-refractivity contribution in [1.29, 1.82) is 0 Å². The summed E-state index contributed by atoms with van der Waals surface area (Å²) < 4.78 is 14.0. The Labute approximate surface area is 194 Å². The minimum Gasteiger partial charge on any atom is -0.325 e. The molecular weight excluding hydrogens is 441 g/mol. The average molecular weight is 462 g/mol. The van der Waals surface area contributed by atoms with Crippen LogP contribution in [0.4, 0.5) is 21.5 Å². The summed E-state index contributed by atoms with van der Waals surface area (Å²) in [7, 11) is 0. The first-order chi connectivity index (χ1) is 15.9. The summed E-state index contributed by atoms with van der Waals surface area (Å²) in [6.45, 7) is 1.74. The van der Waals surface area contributed by atoms with E-state index in [2.05, 4.69) is 5.32 Å². The monoisotopic (exact) mass is 461 g/mol. The summed E-state index contributed by atoms with van der Waals surface area (Å²) in [5.74, 6) is -1.48. The van der Waals surface area contributed by atoms with Crippen molar-refractivity contribution in [1.82, 2.24) is 0 Å². The topological polar surface area (TPSA) is 69.7 Å². The van der Waals surface area contributed by atoms with Crippen LogP contribution in [-0.2, 0) is 19.3 Å². The summed E-state index contributed by atoms with van der Waals surface area (Å²) in [4.78, 5) is 41.0. The molecule has 2 aliphatic heterocycles. The smallest absolute Gasteiger partial charge is 0.269 e. The molecule has 2 aliphatic rings. The average Bonchev–Trinajstić information content (AvgIpc) is 3.26. The van der Waals surface area contributed by atoms with Crippen LogP contribution in [0.5, 0.6) is 0 Å². The van der Waals surface area contributed by atoms with Gasteiger partial charge in [0.2, 0.25) is 16.7 Å². The molecule has 0 bridgehead atoms. The number of benzene rings is 3. The molecule has 33 heavy (non-hydrogen) atoms. The van der Waals surface area contributed by atoms with Crippen molar-refractivity contribution in [3.8, 4) is 0 Å². The lowest BCUT2D eigenvalue weighted by Crippen LogP contribution is -2.50. The van der Waals surface area contributed by atoms with Crippen molar-refractivity contribution in [2.24, 2.45) is 0 Å². The molecule has 2 heterocycles. The maximum Gasteiger partial charge on any atom is 0.269 e. The normalized spacial score (nSPS) is 19.3. The van der Waals surface area contributed by atoms with Gasteiger partial charge in [-0.1, -0.05) is 42.0 Å². The Balaban J connectivity index is 1.51. The summed E-state index contributed by atoms with van der Waals surface area (Å²) in [5, 5.41) is 2.82. The number of thioether (sulfide) groups is 1. The lowest BCUT2D eigenvalue weighted by Gasteiger charge is -2.33. The molecule has 3 aromatic rings. The Bertz CT molecular complexity index is 1280. The van der Waals surface area contributed by atoms with E-state index in [1.807, 2.05) is 19.1 Å². The number of rotatable bonds is 4. The first kappa shape index (κ1) is 21.2. The minimum absolute atomic E-state index is 0.0694. The Kier molecular flexibility index (Phi) is 5.17. The van der Waals surface area contributed by atoms with E-state index in [9.17, 15) is 18.8 Å². The van der Waals surface area contributed by atoms with Crippen molar-refractivity contribution < 1.29 is 18.8 Å². The molecule has 0 aromatic heterocycles. The standard InChI is InChI=1S/C25H20FN3O3S/c1-16-9-11-18(12-10-16)27-22(30)14-28-21-8-3-2-7-20(21)25(24(28)32)29(23(31)15-33-25)19-6-4-5-17(26)13-19/h2-13H,14-15H2,1H3,(H,27,30)/t25-/m1/s1. The zero-order valence-corrected chi connectivity index (χ0v) is 18.6. The second kappa shape index (κ2) is 8.04. The van der Waals surface area contributed by atoms with Gasteiger partial charge in [0, 0.05) is 16.9 Å². The van der Waals surface area contributed by atoms with Gasteiger partial charge in [-0.15, -0.1) is 11.8 Å². The lowest BCUT2D eigenvalue weighted by molar-refractivity contribution is -0.124.